The van der Waals surface area contributed by atoms with Crippen molar-refractivity contribution in [3.63, 3.8) is 0 Å². The number of benzene rings is 1. The lowest BCUT2D eigenvalue weighted by Crippen LogP contribution is -2.32. The molecule has 142 valence electrons. The van der Waals surface area contributed by atoms with Crippen molar-refractivity contribution in [2.24, 2.45) is 0 Å². The summed E-state index contributed by atoms with van der Waals surface area (Å²) >= 11 is 1.20. The highest BCUT2D eigenvalue weighted by Gasteiger charge is 2.17. The van der Waals surface area contributed by atoms with Gasteiger partial charge in [0.15, 0.2) is 10.8 Å². The second kappa shape index (κ2) is 8.83. The van der Waals surface area contributed by atoms with Gasteiger partial charge < -0.3 is 15.0 Å². The molecule has 0 saturated carbocycles. The Hall–Kier alpha value is -2.65. The summed E-state index contributed by atoms with van der Waals surface area (Å²) in [6.07, 6.45) is 2.24. The molecule has 2 heterocycles. The lowest BCUT2D eigenvalue weighted by Gasteiger charge is -2.11. The molecule has 0 aliphatic heterocycles. The Kier molecular flexibility index (Phi) is 6.25. The number of para-hydroxylation sites is 1. The van der Waals surface area contributed by atoms with Gasteiger partial charge in [0.05, 0.1) is 17.1 Å². The Bertz CT molecular complexity index is 970. The van der Waals surface area contributed by atoms with Crippen LogP contribution in [0.15, 0.2) is 46.5 Å². The number of nitrogens with zero attached hydrogens (tertiary/aromatic N) is 3. The third kappa shape index (κ3) is 4.55. The number of carbonyl (C=O) groups is 1. The number of aromatic amines is 1. The van der Waals surface area contributed by atoms with Gasteiger partial charge in [-0.1, -0.05) is 30.0 Å². The minimum absolute atomic E-state index is 0.115. The first kappa shape index (κ1) is 19.1. The van der Waals surface area contributed by atoms with Crippen molar-refractivity contribution in [2.75, 3.05) is 20.3 Å². The zero-order valence-electron chi connectivity index (χ0n) is 15.1. The molecule has 3 aromatic rings. The average Bonchev–Trinajstić information content (AvgIpc) is 3.10. The molecular weight excluding hydrogens is 366 g/mol. The third-order valence-corrected chi connectivity index (χ3v) is 4.88. The number of rotatable bonds is 8. The number of aromatic nitrogens is 4. The van der Waals surface area contributed by atoms with Gasteiger partial charge >= 0.3 is 0 Å². The van der Waals surface area contributed by atoms with Crippen molar-refractivity contribution in [3.05, 3.63) is 46.9 Å². The van der Waals surface area contributed by atoms with E-state index in [0.29, 0.717) is 29.3 Å². The van der Waals surface area contributed by atoms with E-state index in [0.717, 1.165) is 12.1 Å². The summed E-state index contributed by atoms with van der Waals surface area (Å²) < 4.78 is 6.57. The second-order valence-corrected chi connectivity index (χ2v) is 7.23. The van der Waals surface area contributed by atoms with Crippen LogP contribution < -0.4 is 10.9 Å². The largest absolute Gasteiger partial charge is 0.385 e. The number of hydrogen-bond donors (Lipinski definition) is 2. The summed E-state index contributed by atoms with van der Waals surface area (Å²) in [5.41, 5.74) is 0.989. The van der Waals surface area contributed by atoms with Crippen LogP contribution in [0.1, 0.15) is 13.3 Å². The zero-order valence-corrected chi connectivity index (χ0v) is 16.0. The van der Waals surface area contributed by atoms with Crippen LogP contribution in [0.3, 0.4) is 0 Å². The van der Waals surface area contributed by atoms with Crippen molar-refractivity contribution in [2.45, 2.75) is 23.8 Å². The number of nitrogens with one attached hydrogen (secondary N) is 2. The molecule has 0 spiro atoms. The second-order valence-electron chi connectivity index (χ2n) is 5.90. The topological polar surface area (TPSA) is 102 Å². The number of H-pyrrole nitrogens is 1. The van der Waals surface area contributed by atoms with Gasteiger partial charge in [0, 0.05) is 20.3 Å². The SMILES string of the molecule is COCCCNC(=O)C(C)Sc1nc2c(cnn2-c2ccccc2)c(=O)[nH]1. The molecule has 0 fully saturated rings. The first-order chi connectivity index (χ1) is 13.1. The van der Waals surface area contributed by atoms with Gasteiger partial charge in [0.1, 0.15) is 5.39 Å². The van der Waals surface area contributed by atoms with E-state index in [9.17, 15) is 9.59 Å². The smallest absolute Gasteiger partial charge is 0.262 e. The van der Waals surface area contributed by atoms with Gasteiger partial charge in [0.2, 0.25) is 5.91 Å². The summed E-state index contributed by atoms with van der Waals surface area (Å²) in [5.74, 6) is -0.115. The summed E-state index contributed by atoms with van der Waals surface area (Å²) in [6.45, 7) is 2.91. The normalized spacial score (nSPS) is 12.2. The van der Waals surface area contributed by atoms with Crippen LogP contribution in [0.5, 0.6) is 0 Å². The lowest BCUT2D eigenvalue weighted by molar-refractivity contribution is -0.120. The predicted molar refractivity (Wildman–Crippen MR) is 104 cm³/mol. The van der Waals surface area contributed by atoms with E-state index in [-0.39, 0.29) is 11.5 Å². The van der Waals surface area contributed by atoms with Crippen LogP contribution >= 0.6 is 11.8 Å². The average molecular weight is 387 g/mol. The fourth-order valence-electron chi connectivity index (χ4n) is 2.51. The van der Waals surface area contributed by atoms with Gasteiger partial charge in [-0.3, -0.25) is 9.59 Å². The summed E-state index contributed by atoms with van der Waals surface area (Å²) in [7, 11) is 1.62. The van der Waals surface area contributed by atoms with E-state index in [1.807, 2.05) is 30.3 Å². The van der Waals surface area contributed by atoms with Gasteiger partial charge in [-0.15, -0.1) is 0 Å². The molecule has 0 aliphatic rings. The van der Waals surface area contributed by atoms with Gasteiger partial charge in [0.25, 0.3) is 5.56 Å². The summed E-state index contributed by atoms with van der Waals surface area (Å²) in [4.78, 5) is 31.8. The number of methoxy groups -OCH3 is 1. The predicted octanol–water partition coefficient (Wildman–Crippen LogP) is 1.74. The van der Waals surface area contributed by atoms with Crippen LogP contribution in [-0.4, -0.2) is 51.2 Å². The molecule has 1 aromatic carbocycles. The molecule has 1 unspecified atom stereocenters. The quantitative estimate of drug-likeness (QED) is 0.347. The third-order valence-electron chi connectivity index (χ3n) is 3.90. The maximum Gasteiger partial charge on any atom is 0.262 e. The Morgan fingerprint density at radius 2 is 2.15 bits per heavy atom. The maximum atomic E-state index is 12.4. The Balaban J connectivity index is 1.79. The lowest BCUT2D eigenvalue weighted by atomic mass is 10.3. The Labute approximate surface area is 160 Å². The summed E-state index contributed by atoms with van der Waals surface area (Å²) in [6, 6.07) is 9.46. The van der Waals surface area contributed by atoms with Crippen molar-refractivity contribution in [3.8, 4) is 5.69 Å². The van der Waals surface area contributed by atoms with Crippen LogP contribution in [0.25, 0.3) is 16.7 Å². The van der Waals surface area contributed by atoms with Crippen LogP contribution in [0, 0.1) is 0 Å². The first-order valence-corrected chi connectivity index (χ1v) is 9.45. The van der Waals surface area contributed by atoms with Crippen molar-refractivity contribution in [1.82, 2.24) is 25.1 Å². The number of thioether (sulfide) groups is 1. The van der Waals surface area contributed by atoms with Gasteiger partial charge in [-0.05, 0) is 25.5 Å². The van der Waals surface area contributed by atoms with E-state index in [1.54, 1.807) is 18.7 Å². The molecule has 1 atom stereocenters. The molecule has 1 amide bonds. The molecule has 2 aromatic heterocycles. The van der Waals surface area contributed by atoms with Crippen molar-refractivity contribution in [1.29, 1.82) is 0 Å². The molecule has 2 N–H and O–H groups in total. The van der Waals surface area contributed by atoms with E-state index in [1.165, 1.54) is 18.0 Å². The highest BCUT2D eigenvalue weighted by molar-refractivity contribution is 8.00. The molecule has 0 bridgehead atoms. The van der Waals surface area contributed by atoms with Crippen molar-refractivity contribution < 1.29 is 9.53 Å². The highest BCUT2D eigenvalue weighted by atomic mass is 32.2. The highest BCUT2D eigenvalue weighted by Crippen LogP contribution is 2.21. The molecule has 9 heteroatoms. The number of ether oxygens (including phenoxy) is 1. The molecule has 0 aliphatic carbocycles. The Morgan fingerprint density at radius 1 is 1.37 bits per heavy atom. The minimum atomic E-state index is -0.402. The van der Waals surface area contributed by atoms with E-state index in [2.05, 4.69) is 20.4 Å². The number of carbonyl (C=O) groups excluding carboxylic acids is 1. The van der Waals surface area contributed by atoms with Gasteiger partial charge in [-0.25, -0.2) is 9.67 Å². The van der Waals surface area contributed by atoms with E-state index < -0.39 is 5.25 Å². The van der Waals surface area contributed by atoms with E-state index in [4.69, 9.17) is 4.74 Å². The standard InChI is InChI=1S/C18H21N5O3S/c1-12(16(24)19-9-6-10-26-2)27-18-21-15-14(17(25)22-18)11-20-23(15)13-7-4-3-5-8-13/h3-5,7-8,11-12H,6,9-10H2,1-2H3,(H,19,24)(H,21,22,25). The van der Waals surface area contributed by atoms with E-state index >= 15 is 0 Å². The zero-order chi connectivity index (χ0) is 19.2. The monoisotopic (exact) mass is 387 g/mol. The van der Waals surface area contributed by atoms with Crippen molar-refractivity contribution >= 4 is 28.7 Å². The fourth-order valence-corrected chi connectivity index (χ4v) is 3.32. The van der Waals surface area contributed by atoms with Crippen LogP contribution in [-0.2, 0) is 9.53 Å². The van der Waals surface area contributed by atoms with Crippen LogP contribution in [0.4, 0.5) is 0 Å². The molecule has 0 radical (unpaired) electrons. The molecule has 27 heavy (non-hydrogen) atoms. The molecule has 8 nitrogen and oxygen atoms in total. The number of amides is 1. The molecular formula is C18H21N5O3S. The molecule has 0 saturated heterocycles. The van der Waals surface area contributed by atoms with Gasteiger partial charge in [-0.2, -0.15) is 5.10 Å². The minimum Gasteiger partial charge on any atom is -0.385 e. The van der Waals surface area contributed by atoms with Crippen LogP contribution in [0.2, 0.25) is 0 Å². The summed E-state index contributed by atoms with van der Waals surface area (Å²) in [5, 5.41) is 7.50. The molecule has 3 rings (SSSR count). The Morgan fingerprint density at radius 3 is 2.89 bits per heavy atom. The fraction of sp³-hybridized carbons (Fsp3) is 0.333. The number of fused-ring (bicyclic) bond motifs is 1. The number of hydrogen-bond acceptors (Lipinski definition) is 6. The first-order valence-electron chi connectivity index (χ1n) is 8.57. The maximum absolute atomic E-state index is 12.4.